The van der Waals surface area contributed by atoms with Gasteiger partial charge in [0.2, 0.25) is 5.91 Å². The van der Waals surface area contributed by atoms with E-state index in [9.17, 15) is 4.79 Å². The van der Waals surface area contributed by atoms with Gasteiger partial charge < -0.3 is 5.32 Å². The van der Waals surface area contributed by atoms with Gasteiger partial charge in [-0.25, -0.2) is 0 Å². The van der Waals surface area contributed by atoms with Gasteiger partial charge in [-0.15, -0.1) is 0 Å². The van der Waals surface area contributed by atoms with Gasteiger partial charge in [-0.3, -0.25) is 9.89 Å². The van der Waals surface area contributed by atoms with Crippen molar-refractivity contribution in [2.24, 2.45) is 0 Å². The van der Waals surface area contributed by atoms with Gasteiger partial charge in [-0.1, -0.05) is 28.1 Å². The number of carbonyl (C=O) groups is 1. The first-order chi connectivity index (χ1) is 9.06. The van der Waals surface area contributed by atoms with Crippen LogP contribution in [0.1, 0.15) is 22.5 Å². The number of nitrogens with zero attached hydrogens (tertiary/aromatic N) is 1. The first-order valence-corrected chi connectivity index (χ1v) is 6.87. The molecule has 0 fully saturated rings. The van der Waals surface area contributed by atoms with Gasteiger partial charge in [0.05, 0.1) is 12.1 Å². The molecule has 5 heteroatoms. The van der Waals surface area contributed by atoms with Crippen LogP contribution in [0.2, 0.25) is 0 Å². The van der Waals surface area contributed by atoms with Crippen LogP contribution >= 0.6 is 15.9 Å². The zero-order valence-corrected chi connectivity index (χ0v) is 12.5. The highest BCUT2D eigenvalue weighted by Gasteiger charge is 2.08. The molecule has 0 unspecified atom stereocenters. The summed E-state index contributed by atoms with van der Waals surface area (Å²) in [5.74, 6) is 0.0160. The minimum Gasteiger partial charge on any atom is -0.352 e. The molecular weight excluding hydrogens is 306 g/mol. The van der Waals surface area contributed by atoms with Gasteiger partial charge in [0.15, 0.2) is 0 Å². The topological polar surface area (TPSA) is 57.8 Å². The monoisotopic (exact) mass is 321 g/mol. The molecule has 1 amide bonds. The number of aromatic amines is 1. The fourth-order valence-corrected chi connectivity index (χ4v) is 2.14. The fraction of sp³-hybridized carbons (Fsp3) is 0.286. The molecule has 2 aromatic rings. The Morgan fingerprint density at radius 3 is 2.58 bits per heavy atom. The summed E-state index contributed by atoms with van der Waals surface area (Å²) in [7, 11) is 0. The zero-order valence-electron chi connectivity index (χ0n) is 11.0. The molecule has 1 aromatic heterocycles. The second kappa shape index (κ2) is 6.02. The van der Waals surface area contributed by atoms with Crippen LogP contribution in [-0.4, -0.2) is 16.1 Å². The van der Waals surface area contributed by atoms with E-state index in [0.29, 0.717) is 13.0 Å². The van der Waals surface area contributed by atoms with Gasteiger partial charge in [-0.2, -0.15) is 5.10 Å². The summed E-state index contributed by atoms with van der Waals surface area (Å²) in [6.07, 6.45) is 0.392. The molecule has 0 aliphatic heterocycles. The lowest BCUT2D eigenvalue weighted by atomic mass is 10.1. The van der Waals surface area contributed by atoms with E-state index in [-0.39, 0.29) is 5.91 Å². The summed E-state index contributed by atoms with van der Waals surface area (Å²) in [6, 6.07) is 7.76. The predicted octanol–water partition coefficient (Wildman–Crippen LogP) is 2.65. The van der Waals surface area contributed by atoms with Gasteiger partial charge in [0.25, 0.3) is 0 Å². The van der Waals surface area contributed by atoms with Gasteiger partial charge in [0.1, 0.15) is 0 Å². The van der Waals surface area contributed by atoms with Gasteiger partial charge in [0, 0.05) is 22.3 Å². The van der Waals surface area contributed by atoms with E-state index in [1.54, 1.807) is 0 Å². The van der Waals surface area contributed by atoms with Crippen LogP contribution in [-0.2, 0) is 17.8 Å². The Bertz CT molecular complexity index is 555. The molecule has 0 aliphatic rings. The van der Waals surface area contributed by atoms with E-state index in [1.807, 2.05) is 38.1 Å². The fourth-order valence-electron chi connectivity index (χ4n) is 1.87. The summed E-state index contributed by atoms with van der Waals surface area (Å²) < 4.78 is 1.02. The smallest absolute Gasteiger partial charge is 0.224 e. The number of amides is 1. The van der Waals surface area contributed by atoms with Crippen LogP contribution in [0.4, 0.5) is 0 Å². The normalized spacial score (nSPS) is 10.5. The second-order valence-corrected chi connectivity index (χ2v) is 5.41. The van der Waals surface area contributed by atoms with Crippen molar-refractivity contribution in [2.45, 2.75) is 26.8 Å². The average molecular weight is 322 g/mol. The lowest BCUT2D eigenvalue weighted by molar-refractivity contribution is -0.120. The van der Waals surface area contributed by atoms with Crippen LogP contribution in [0.3, 0.4) is 0 Å². The van der Waals surface area contributed by atoms with Crippen LogP contribution in [0.25, 0.3) is 0 Å². The highest BCUT2D eigenvalue weighted by atomic mass is 79.9. The Balaban J connectivity index is 1.90. The van der Waals surface area contributed by atoms with Crippen molar-refractivity contribution < 1.29 is 4.79 Å². The third-order valence-electron chi connectivity index (χ3n) is 3.02. The molecule has 100 valence electrons. The number of nitrogens with one attached hydrogen (secondary N) is 2. The molecule has 0 spiro atoms. The second-order valence-electron chi connectivity index (χ2n) is 4.49. The van der Waals surface area contributed by atoms with E-state index in [1.165, 1.54) is 0 Å². The molecule has 0 atom stereocenters. The molecule has 0 bridgehead atoms. The lowest BCUT2D eigenvalue weighted by Gasteiger charge is -2.06. The Kier molecular flexibility index (Phi) is 4.37. The number of carbonyl (C=O) groups excluding carboxylic acids is 1. The number of aromatic nitrogens is 2. The summed E-state index contributed by atoms with van der Waals surface area (Å²) in [5, 5.41) is 9.94. The molecule has 0 saturated carbocycles. The summed E-state index contributed by atoms with van der Waals surface area (Å²) in [6.45, 7) is 4.40. The van der Waals surface area contributed by atoms with Crippen LogP contribution in [0, 0.1) is 13.8 Å². The number of halogens is 1. The molecule has 1 heterocycles. The number of hydrogen-bond donors (Lipinski definition) is 2. The maximum atomic E-state index is 11.9. The van der Waals surface area contributed by atoms with E-state index in [0.717, 1.165) is 27.0 Å². The third kappa shape index (κ3) is 3.67. The number of hydrogen-bond acceptors (Lipinski definition) is 2. The van der Waals surface area contributed by atoms with Gasteiger partial charge in [-0.05, 0) is 31.5 Å². The average Bonchev–Trinajstić information content (AvgIpc) is 2.70. The molecule has 4 nitrogen and oxygen atoms in total. The molecule has 1 aromatic carbocycles. The Morgan fingerprint density at radius 2 is 2.00 bits per heavy atom. The Labute approximate surface area is 120 Å². The largest absolute Gasteiger partial charge is 0.352 e. The summed E-state index contributed by atoms with van der Waals surface area (Å²) in [4.78, 5) is 11.9. The molecular formula is C14H16BrN3O. The molecule has 0 radical (unpaired) electrons. The predicted molar refractivity (Wildman–Crippen MR) is 77.8 cm³/mol. The number of rotatable bonds is 4. The first-order valence-electron chi connectivity index (χ1n) is 6.08. The van der Waals surface area contributed by atoms with Crippen molar-refractivity contribution in [3.8, 4) is 0 Å². The number of benzene rings is 1. The van der Waals surface area contributed by atoms with E-state index in [4.69, 9.17) is 0 Å². The van der Waals surface area contributed by atoms with Crippen LogP contribution in [0.15, 0.2) is 28.7 Å². The van der Waals surface area contributed by atoms with Crippen molar-refractivity contribution in [2.75, 3.05) is 0 Å². The number of aryl methyl sites for hydroxylation is 2. The molecule has 0 saturated heterocycles. The molecule has 2 rings (SSSR count). The van der Waals surface area contributed by atoms with Crippen molar-refractivity contribution in [1.29, 1.82) is 0 Å². The molecule has 2 N–H and O–H groups in total. The molecule has 0 aliphatic carbocycles. The highest BCUT2D eigenvalue weighted by Crippen LogP contribution is 2.11. The number of H-pyrrole nitrogens is 1. The summed E-state index contributed by atoms with van der Waals surface area (Å²) in [5.41, 5.74) is 3.99. The van der Waals surface area contributed by atoms with Crippen molar-refractivity contribution in [3.05, 3.63) is 51.3 Å². The SMILES string of the molecule is Cc1n[nH]c(C)c1CNC(=O)Cc1ccc(Br)cc1. The van der Waals surface area contributed by atoms with Crippen molar-refractivity contribution >= 4 is 21.8 Å². The highest BCUT2D eigenvalue weighted by molar-refractivity contribution is 9.10. The van der Waals surface area contributed by atoms with Crippen LogP contribution in [0.5, 0.6) is 0 Å². The Morgan fingerprint density at radius 1 is 1.32 bits per heavy atom. The minimum absolute atomic E-state index is 0.0160. The quantitative estimate of drug-likeness (QED) is 0.909. The zero-order chi connectivity index (χ0) is 13.8. The molecule has 19 heavy (non-hydrogen) atoms. The van der Waals surface area contributed by atoms with Crippen LogP contribution < -0.4 is 5.32 Å². The third-order valence-corrected chi connectivity index (χ3v) is 3.55. The van der Waals surface area contributed by atoms with Crippen molar-refractivity contribution in [1.82, 2.24) is 15.5 Å². The maximum Gasteiger partial charge on any atom is 0.224 e. The van der Waals surface area contributed by atoms with E-state index in [2.05, 4.69) is 31.4 Å². The van der Waals surface area contributed by atoms with Crippen molar-refractivity contribution in [3.63, 3.8) is 0 Å². The van der Waals surface area contributed by atoms with E-state index >= 15 is 0 Å². The summed E-state index contributed by atoms with van der Waals surface area (Å²) >= 11 is 3.37. The maximum absolute atomic E-state index is 11.9. The Hall–Kier alpha value is -1.62. The van der Waals surface area contributed by atoms with Gasteiger partial charge >= 0.3 is 0 Å². The minimum atomic E-state index is 0.0160. The first kappa shape index (κ1) is 13.8. The van der Waals surface area contributed by atoms with E-state index < -0.39 is 0 Å². The lowest BCUT2D eigenvalue weighted by Crippen LogP contribution is -2.25. The standard InChI is InChI=1S/C14H16BrN3O/c1-9-13(10(2)18-17-9)8-16-14(19)7-11-3-5-12(15)6-4-11/h3-6H,7-8H2,1-2H3,(H,16,19)(H,17,18).